The standard InChI is InChI=1S/C20H22N6O3/c1-12-7-16(25-29-12)18(22)26-17(21)8-15(20(2,3)4)19(24-26)28-11-14-6-5-13(10-27)9-23-14/h5-10,21-22H,11H2,1-4H3. The lowest BCUT2D eigenvalue weighted by Gasteiger charge is -2.22. The highest BCUT2D eigenvalue weighted by atomic mass is 16.5. The summed E-state index contributed by atoms with van der Waals surface area (Å²) in [7, 11) is 0. The Hall–Kier alpha value is -3.62. The molecule has 3 aromatic rings. The molecule has 3 aromatic heterocycles. The van der Waals surface area contributed by atoms with Gasteiger partial charge in [0.15, 0.2) is 17.8 Å². The van der Waals surface area contributed by atoms with Crippen LogP contribution in [-0.2, 0) is 12.0 Å². The molecule has 9 nitrogen and oxygen atoms in total. The summed E-state index contributed by atoms with van der Waals surface area (Å²) in [6.07, 6.45) is 2.20. The summed E-state index contributed by atoms with van der Waals surface area (Å²) in [6.45, 7) is 7.82. The van der Waals surface area contributed by atoms with Crippen LogP contribution in [0.5, 0.6) is 5.88 Å². The lowest BCUT2D eigenvalue weighted by Crippen LogP contribution is -2.32. The molecule has 0 aliphatic carbocycles. The third kappa shape index (κ3) is 4.45. The highest BCUT2D eigenvalue weighted by molar-refractivity contribution is 5.95. The third-order valence-electron chi connectivity index (χ3n) is 4.16. The van der Waals surface area contributed by atoms with Gasteiger partial charge in [0.1, 0.15) is 17.9 Å². The van der Waals surface area contributed by atoms with E-state index in [0.717, 1.165) is 16.5 Å². The SMILES string of the molecule is Cc1cc(C(=N)n2nc(OCc3ccc(C=O)cn3)c(C(C)(C)C)cc2=N)no1. The first-order chi connectivity index (χ1) is 13.7. The van der Waals surface area contributed by atoms with Crippen molar-refractivity contribution >= 4 is 12.1 Å². The van der Waals surface area contributed by atoms with Crippen LogP contribution in [0.25, 0.3) is 0 Å². The number of nitrogens with zero attached hydrogens (tertiary/aromatic N) is 4. The first-order valence-corrected chi connectivity index (χ1v) is 8.94. The second-order valence-corrected chi connectivity index (χ2v) is 7.57. The Bertz CT molecular complexity index is 1110. The van der Waals surface area contributed by atoms with Gasteiger partial charge in [-0.15, -0.1) is 5.10 Å². The Labute approximate surface area is 167 Å². The molecule has 0 spiro atoms. The summed E-state index contributed by atoms with van der Waals surface area (Å²) >= 11 is 0. The number of carbonyl (C=O) groups excluding carboxylic acids is 1. The van der Waals surface area contributed by atoms with Gasteiger partial charge in [0.2, 0.25) is 5.88 Å². The number of ether oxygens (including phenoxy) is 1. The van der Waals surface area contributed by atoms with E-state index >= 15 is 0 Å². The van der Waals surface area contributed by atoms with Crippen molar-refractivity contribution in [3.05, 3.63) is 64.2 Å². The van der Waals surface area contributed by atoms with Gasteiger partial charge in [-0.2, -0.15) is 4.68 Å². The zero-order valence-corrected chi connectivity index (χ0v) is 16.7. The van der Waals surface area contributed by atoms with Crippen LogP contribution >= 0.6 is 0 Å². The third-order valence-corrected chi connectivity index (χ3v) is 4.16. The van der Waals surface area contributed by atoms with Crippen LogP contribution in [0.3, 0.4) is 0 Å². The Morgan fingerprint density at radius 2 is 2.07 bits per heavy atom. The molecule has 0 radical (unpaired) electrons. The van der Waals surface area contributed by atoms with E-state index in [1.807, 2.05) is 20.8 Å². The number of aldehydes is 1. The Morgan fingerprint density at radius 1 is 1.31 bits per heavy atom. The predicted molar refractivity (Wildman–Crippen MR) is 104 cm³/mol. The van der Waals surface area contributed by atoms with Crippen LogP contribution in [0.4, 0.5) is 0 Å². The van der Waals surface area contributed by atoms with E-state index in [9.17, 15) is 4.79 Å². The number of hydrogen-bond donors (Lipinski definition) is 2. The minimum Gasteiger partial charge on any atom is -0.470 e. The lowest BCUT2D eigenvalue weighted by atomic mass is 9.88. The molecular weight excluding hydrogens is 372 g/mol. The summed E-state index contributed by atoms with van der Waals surface area (Å²) in [5.41, 5.74) is 1.80. The van der Waals surface area contributed by atoms with Crippen molar-refractivity contribution in [2.24, 2.45) is 0 Å². The van der Waals surface area contributed by atoms with Crippen LogP contribution in [-0.4, -0.2) is 32.0 Å². The van der Waals surface area contributed by atoms with E-state index in [1.165, 1.54) is 6.20 Å². The monoisotopic (exact) mass is 394 g/mol. The molecule has 0 unspecified atom stereocenters. The molecule has 0 aliphatic heterocycles. The molecule has 3 heterocycles. The molecule has 0 atom stereocenters. The molecule has 150 valence electrons. The number of aromatic nitrogens is 4. The molecule has 0 aromatic carbocycles. The molecule has 0 saturated carbocycles. The van der Waals surface area contributed by atoms with E-state index < -0.39 is 0 Å². The number of rotatable bonds is 5. The molecule has 9 heteroatoms. The number of pyridine rings is 1. The van der Waals surface area contributed by atoms with Crippen molar-refractivity contribution in [1.82, 2.24) is 19.9 Å². The Balaban J connectivity index is 1.97. The molecule has 3 rings (SSSR count). The van der Waals surface area contributed by atoms with E-state index in [-0.39, 0.29) is 29.0 Å². The number of carbonyl (C=O) groups is 1. The van der Waals surface area contributed by atoms with Crippen molar-refractivity contribution in [1.29, 1.82) is 10.8 Å². The molecule has 2 N–H and O–H groups in total. The zero-order chi connectivity index (χ0) is 21.2. The van der Waals surface area contributed by atoms with Crippen LogP contribution in [0, 0.1) is 17.7 Å². The summed E-state index contributed by atoms with van der Waals surface area (Å²) in [6, 6.07) is 6.60. The average molecular weight is 394 g/mol. The fourth-order valence-corrected chi connectivity index (χ4v) is 2.59. The summed E-state index contributed by atoms with van der Waals surface area (Å²) in [4.78, 5) is 15.0. The molecular formula is C20H22N6O3. The minimum absolute atomic E-state index is 0.0291. The van der Waals surface area contributed by atoms with Gasteiger partial charge in [0, 0.05) is 23.4 Å². The second kappa shape index (κ2) is 7.78. The highest BCUT2D eigenvalue weighted by Gasteiger charge is 2.23. The first-order valence-electron chi connectivity index (χ1n) is 8.94. The van der Waals surface area contributed by atoms with Gasteiger partial charge in [-0.1, -0.05) is 25.9 Å². The van der Waals surface area contributed by atoms with Crippen LogP contribution in [0.15, 0.2) is 35.0 Å². The van der Waals surface area contributed by atoms with E-state index in [2.05, 4.69) is 15.2 Å². The van der Waals surface area contributed by atoms with Gasteiger partial charge < -0.3 is 9.26 Å². The Kier molecular flexibility index (Phi) is 5.40. The maximum Gasteiger partial charge on any atom is 0.236 e. The molecule has 0 amide bonds. The summed E-state index contributed by atoms with van der Waals surface area (Å²) in [5.74, 6) is 0.759. The number of aryl methyl sites for hydroxylation is 1. The molecule has 0 saturated heterocycles. The van der Waals surface area contributed by atoms with Crippen LogP contribution in [0.1, 0.15) is 53.8 Å². The molecule has 0 bridgehead atoms. The predicted octanol–water partition coefficient (Wildman–Crippen LogP) is 2.62. The topological polar surface area (TPSA) is 131 Å². The lowest BCUT2D eigenvalue weighted by molar-refractivity contribution is 0.112. The van der Waals surface area contributed by atoms with Gasteiger partial charge in [-0.3, -0.25) is 20.6 Å². The highest BCUT2D eigenvalue weighted by Crippen LogP contribution is 2.28. The second-order valence-electron chi connectivity index (χ2n) is 7.57. The smallest absolute Gasteiger partial charge is 0.236 e. The first kappa shape index (κ1) is 20.1. The Morgan fingerprint density at radius 3 is 2.62 bits per heavy atom. The van der Waals surface area contributed by atoms with Gasteiger partial charge in [0.05, 0.1) is 5.69 Å². The molecule has 29 heavy (non-hydrogen) atoms. The van der Waals surface area contributed by atoms with E-state index in [1.54, 1.807) is 31.2 Å². The van der Waals surface area contributed by atoms with Crippen LogP contribution in [0.2, 0.25) is 0 Å². The maximum atomic E-state index is 10.8. The summed E-state index contributed by atoms with van der Waals surface area (Å²) < 4.78 is 12.1. The minimum atomic E-state index is -0.335. The number of hydrogen-bond acceptors (Lipinski definition) is 8. The summed E-state index contributed by atoms with van der Waals surface area (Å²) in [5, 5.41) is 24.9. The zero-order valence-electron chi connectivity index (χ0n) is 16.7. The van der Waals surface area contributed by atoms with Crippen LogP contribution < -0.4 is 10.2 Å². The van der Waals surface area contributed by atoms with E-state index in [4.69, 9.17) is 20.1 Å². The molecule has 0 fully saturated rings. The van der Waals surface area contributed by atoms with Crippen molar-refractivity contribution in [3.8, 4) is 5.88 Å². The van der Waals surface area contributed by atoms with Gasteiger partial charge in [-0.05, 0) is 30.5 Å². The van der Waals surface area contributed by atoms with E-state index in [0.29, 0.717) is 22.9 Å². The van der Waals surface area contributed by atoms with Crippen molar-refractivity contribution in [2.45, 2.75) is 39.7 Å². The van der Waals surface area contributed by atoms with Crippen molar-refractivity contribution in [2.75, 3.05) is 0 Å². The van der Waals surface area contributed by atoms with Gasteiger partial charge in [-0.25, -0.2) is 0 Å². The number of nitrogens with one attached hydrogen (secondary N) is 2. The maximum absolute atomic E-state index is 10.8. The van der Waals surface area contributed by atoms with Gasteiger partial charge in [0.25, 0.3) is 0 Å². The van der Waals surface area contributed by atoms with Crippen molar-refractivity contribution < 1.29 is 14.1 Å². The fourth-order valence-electron chi connectivity index (χ4n) is 2.59. The quantitative estimate of drug-likeness (QED) is 0.388. The average Bonchev–Trinajstić information content (AvgIpc) is 3.12. The normalized spacial score (nSPS) is 11.3. The van der Waals surface area contributed by atoms with Crippen molar-refractivity contribution in [3.63, 3.8) is 0 Å². The largest absolute Gasteiger partial charge is 0.470 e. The molecule has 0 aliphatic rings. The fraction of sp³-hybridized carbons (Fsp3) is 0.300. The van der Waals surface area contributed by atoms with Gasteiger partial charge >= 0.3 is 0 Å².